The van der Waals surface area contributed by atoms with E-state index in [0.29, 0.717) is 12.2 Å². The van der Waals surface area contributed by atoms with Crippen LogP contribution in [-0.2, 0) is 4.74 Å². The molecule has 1 aliphatic heterocycles. The summed E-state index contributed by atoms with van der Waals surface area (Å²) >= 11 is 2.47. The van der Waals surface area contributed by atoms with Crippen LogP contribution in [0.3, 0.4) is 0 Å². The van der Waals surface area contributed by atoms with Crippen molar-refractivity contribution < 1.29 is 4.74 Å². The molecule has 4 atom stereocenters. The van der Waals surface area contributed by atoms with Crippen LogP contribution in [-0.4, -0.2) is 16.6 Å². The van der Waals surface area contributed by atoms with Crippen molar-refractivity contribution in [3.05, 3.63) is 0 Å². The zero-order valence-electron chi connectivity index (χ0n) is 9.75. The fourth-order valence-electron chi connectivity index (χ4n) is 3.21. The Morgan fingerprint density at radius 3 is 2.67 bits per heavy atom. The van der Waals surface area contributed by atoms with Gasteiger partial charge in [0.15, 0.2) is 0 Å². The molecule has 2 heteroatoms. The van der Waals surface area contributed by atoms with Gasteiger partial charge in [0.1, 0.15) is 0 Å². The first-order valence-electron chi connectivity index (χ1n) is 6.51. The molecule has 0 spiro atoms. The van der Waals surface area contributed by atoms with Crippen LogP contribution in [0.2, 0.25) is 0 Å². The smallest absolute Gasteiger partial charge is 0.0668 e. The van der Waals surface area contributed by atoms with E-state index in [1.54, 1.807) is 0 Å². The molecule has 0 amide bonds. The molecule has 2 rings (SSSR count). The predicted octanol–water partition coefficient (Wildman–Crippen LogP) is 4.19. The molecule has 1 saturated heterocycles. The topological polar surface area (TPSA) is 9.23 Å². The maximum Gasteiger partial charge on any atom is 0.0668 e. The summed E-state index contributed by atoms with van der Waals surface area (Å²) in [6, 6.07) is 0. The lowest BCUT2D eigenvalue weighted by molar-refractivity contribution is -0.0759. The monoisotopic (exact) mass is 322 g/mol. The summed E-state index contributed by atoms with van der Waals surface area (Å²) in [5.41, 5.74) is 0. The second kappa shape index (κ2) is 5.85. The molecule has 0 bridgehead atoms. The van der Waals surface area contributed by atoms with Crippen molar-refractivity contribution in [2.24, 2.45) is 11.8 Å². The van der Waals surface area contributed by atoms with Gasteiger partial charge in [-0.15, -0.1) is 0 Å². The van der Waals surface area contributed by atoms with E-state index in [4.69, 9.17) is 4.74 Å². The van der Waals surface area contributed by atoms with E-state index in [1.807, 2.05) is 0 Å². The van der Waals surface area contributed by atoms with Gasteiger partial charge in [-0.25, -0.2) is 0 Å². The molecular formula is C13H23IO. The van der Waals surface area contributed by atoms with E-state index >= 15 is 0 Å². The Hall–Kier alpha value is 0.690. The lowest BCUT2D eigenvalue weighted by Gasteiger charge is -2.38. The molecule has 1 saturated carbocycles. The number of hydrogen-bond acceptors (Lipinski definition) is 1. The number of rotatable bonds is 2. The third-order valence-electron chi connectivity index (χ3n) is 4.06. The molecule has 1 nitrogen and oxygen atoms in total. The minimum absolute atomic E-state index is 0.557. The molecule has 88 valence electrons. The molecule has 0 aromatic rings. The molecule has 0 aromatic heterocycles. The van der Waals surface area contributed by atoms with Crippen LogP contribution in [0, 0.1) is 11.8 Å². The fourth-order valence-corrected chi connectivity index (χ4v) is 3.86. The number of ether oxygens (including phenoxy) is 1. The summed E-state index contributed by atoms with van der Waals surface area (Å²) in [6.45, 7) is 2.41. The zero-order chi connectivity index (χ0) is 10.7. The Bertz CT molecular complexity index is 195. The summed E-state index contributed by atoms with van der Waals surface area (Å²) in [7, 11) is 0. The van der Waals surface area contributed by atoms with E-state index in [9.17, 15) is 0 Å². The number of hydrogen-bond donors (Lipinski definition) is 0. The molecule has 15 heavy (non-hydrogen) atoms. The van der Waals surface area contributed by atoms with E-state index in [2.05, 4.69) is 29.5 Å². The highest BCUT2D eigenvalue weighted by molar-refractivity contribution is 14.1. The summed E-state index contributed by atoms with van der Waals surface area (Å²) < 4.78 is 7.39. The van der Waals surface area contributed by atoms with Crippen LogP contribution < -0.4 is 0 Å². The average Bonchev–Trinajstić information content (AvgIpc) is 2.29. The maximum absolute atomic E-state index is 6.22. The first-order valence-corrected chi connectivity index (χ1v) is 8.03. The van der Waals surface area contributed by atoms with E-state index in [1.165, 1.54) is 49.4 Å². The molecule has 2 aliphatic rings. The van der Waals surface area contributed by atoms with Crippen molar-refractivity contribution in [1.82, 2.24) is 0 Å². The lowest BCUT2D eigenvalue weighted by atomic mass is 9.77. The third kappa shape index (κ3) is 3.32. The van der Waals surface area contributed by atoms with Crippen molar-refractivity contribution in [3.63, 3.8) is 0 Å². The highest BCUT2D eigenvalue weighted by atomic mass is 127. The summed E-state index contributed by atoms with van der Waals surface area (Å²) in [4.78, 5) is 0. The normalized spacial score (nSPS) is 42.8. The first-order chi connectivity index (χ1) is 7.29. The van der Waals surface area contributed by atoms with Crippen molar-refractivity contribution in [3.8, 4) is 0 Å². The van der Waals surface area contributed by atoms with Crippen molar-refractivity contribution in [1.29, 1.82) is 0 Å². The van der Waals surface area contributed by atoms with Crippen molar-refractivity contribution in [2.75, 3.05) is 4.43 Å². The van der Waals surface area contributed by atoms with Gasteiger partial charge in [-0.3, -0.25) is 0 Å². The Kier molecular flexibility index (Phi) is 4.74. The minimum atomic E-state index is 0.557. The second-order valence-electron chi connectivity index (χ2n) is 5.41. The largest absolute Gasteiger partial charge is 0.374 e. The average molecular weight is 322 g/mol. The van der Waals surface area contributed by atoms with Gasteiger partial charge in [-0.1, -0.05) is 42.4 Å². The number of alkyl halides is 1. The maximum atomic E-state index is 6.22. The van der Waals surface area contributed by atoms with Crippen LogP contribution in [0.5, 0.6) is 0 Å². The molecular weight excluding hydrogens is 299 g/mol. The van der Waals surface area contributed by atoms with Gasteiger partial charge in [-0.2, -0.15) is 0 Å². The van der Waals surface area contributed by atoms with Gasteiger partial charge in [0.2, 0.25) is 0 Å². The fraction of sp³-hybridized carbons (Fsp3) is 1.00. The van der Waals surface area contributed by atoms with Gasteiger partial charge in [0.05, 0.1) is 12.2 Å². The van der Waals surface area contributed by atoms with E-state index in [0.717, 1.165) is 11.8 Å². The predicted molar refractivity (Wildman–Crippen MR) is 72.5 cm³/mol. The third-order valence-corrected chi connectivity index (χ3v) is 5.04. The quantitative estimate of drug-likeness (QED) is 0.547. The summed E-state index contributed by atoms with van der Waals surface area (Å²) in [5.74, 6) is 1.81. The molecule has 0 aromatic carbocycles. The highest BCUT2D eigenvalue weighted by Crippen LogP contribution is 2.36. The second-order valence-corrected chi connectivity index (χ2v) is 6.29. The highest BCUT2D eigenvalue weighted by Gasteiger charge is 2.31. The van der Waals surface area contributed by atoms with Crippen LogP contribution >= 0.6 is 22.6 Å². The SMILES string of the molecule is CC1CCCC(C2CCCC(CI)O2)C1. The van der Waals surface area contributed by atoms with Crippen molar-refractivity contribution >= 4 is 22.6 Å². The van der Waals surface area contributed by atoms with Gasteiger partial charge in [0, 0.05) is 4.43 Å². The first kappa shape index (κ1) is 12.2. The summed E-state index contributed by atoms with van der Waals surface area (Å²) in [5, 5.41) is 0. The molecule has 1 aliphatic carbocycles. The Balaban J connectivity index is 1.86. The summed E-state index contributed by atoms with van der Waals surface area (Å²) in [6.07, 6.45) is 10.9. The Labute approximate surface area is 107 Å². The van der Waals surface area contributed by atoms with Crippen LogP contribution in [0.4, 0.5) is 0 Å². The van der Waals surface area contributed by atoms with Crippen molar-refractivity contribution in [2.45, 2.75) is 64.1 Å². The lowest BCUT2D eigenvalue weighted by Crippen LogP contribution is -2.36. The molecule has 1 heterocycles. The van der Waals surface area contributed by atoms with Crippen LogP contribution in [0.25, 0.3) is 0 Å². The number of halogens is 1. The van der Waals surface area contributed by atoms with Gasteiger partial charge < -0.3 is 4.74 Å². The standard InChI is InChI=1S/C13H23IO/c1-10-4-2-5-11(8-10)13-7-3-6-12(9-14)15-13/h10-13H,2-9H2,1H3. The molecule has 0 N–H and O–H groups in total. The van der Waals surface area contributed by atoms with Gasteiger partial charge in [0.25, 0.3) is 0 Å². The van der Waals surface area contributed by atoms with E-state index < -0.39 is 0 Å². The zero-order valence-corrected chi connectivity index (χ0v) is 11.9. The van der Waals surface area contributed by atoms with Crippen LogP contribution in [0.15, 0.2) is 0 Å². The Morgan fingerprint density at radius 1 is 1.13 bits per heavy atom. The van der Waals surface area contributed by atoms with Crippen LogP contribution in [0.1, 0.15) is 51.9 Å². The molecule has 0 radical (unpaired) electrons. The minimum Gasteiger partial charge on any atom is -0.374 e. The molecule has 4 unspecified atom stereocenters. The molecule has 2 fully saturated rings. The Morgan fingerprint density at radius 2 is 1.93 bits per heavy atom. The van der Waals surface area contributed by atoms with Gasteiger partial charge in [-0.05, 0) is 43.9 Å². The van der Waals surface area contributed by atoms with Gasteiger partial charge >= 0.3 is 0 Å². The van der Waals surface area contributed by atoms with E-state index in [-0.39, 0.29) is 0 Å².